The lowest BCUT2D eigenvalue weighted by Gasteiger charge is -2.13. The second-order valence-corrected chi connectivity index (χ2v) is 5.98. The summed E-state index contributed by atoms with van der Waals surface area (Å²) in [6, 6.07) is 7.88. The minimum absolute atomic E-state index is 0.0305. The van der Waals surface area contributed by atoms with Crippen molar-refractivity contribution >= 4 is 22.6 Å². The fourth-order valence-corrected chi connectivity index (χ4v) is 2.43. The van der Waals surface area contributed by atoms with Gasteiger partial charge in [0.1, 0.15) is 0 Å². The number of amides is 2. The summed E-state index contributed by atoms with van der Waals surface area (Å²) in [5, 5.41) is 8.54. The van der Waals surface area contributed by atoms with E-state index in [9.17, 15) is 14.4 Å². The van der Waals surface area contributed by atoms with Gasteiger partial charge in [0.05, 0.1) is 17.1 Å². The predicted molar refractivity (Wildman–Crippen MR) is 92.6 cm³/mol. The van der Waals surface area contributed by atoms with Crippen molar-refractivity contribution in [2.75, 3.05) is 0 Å². The van der Waals surface area contributed by atoms with E-state index in [1.165, 1.54) is 10.7 Å². The minimum Gasteiger partial charge on any atom is -0.351 e. The lowest BCUT2D eigenvalue weighted by molar-refractivity contribution is 0.0822. The van der Waals surface area contributed by atoms with Crippen LogP contribution in [0.1, 0.15) is 46.6 Å². The molecular formula is C17H17N5O4. The van der Waals surface area contributed by atoms with Crippen molar-refractivity contribution in [2.24, 2.45) is 0 Å². The molecule has 9 nitrogen and oxygen atoms in total. The molecule has 26 heavy (non-hydrogen) atoms. The van der Waals surface area contributed by atoms with Gasteiger partial charge in [0.25, 0.3) is 11.5 Å². The van der Waals surface area contributed by atoms with Crippen molar-refractivity contribution in [3.8, 4) is 0 Å². The molecule has 9 heteroatoms. The molecule has 0 atom stereocenters. The van der Waals surface area contributed by atoms with Gasteiger partial charge in [-0.05, 0) is 26.8 Å². The summed E-state index contributed by atoms with van der Waals surface area (Å²) in [5.41, 5.74) is 4.81. The number of rotatable bonds is 3. The number of benzene rings is 1. The molecule has 2 amide bonds. The Labute approximate surface area is 147 Å². The Balaban J connectivity index is 1.91. The third-order valence-electron chi connectivity index (χ3n) is 3.67. The summed E-state index contributed by atoms with van der Waals surface area (Å²) in [6.07, 6.45) is 0. The van der Waals surface area contributed by atoms with Crippen molar-refractivity contribution in [3.05, 3.63) is 57.8 Å². The first-order chi connectivity index (χ1) is 12.4. The topological polar surface area (TPSA) is 119 Å². The van der Waals surface area contributed by atoms with Crippen LogP contribution in [0.15, 0.2) is 39.6 Å². The molecular weight excluding hydrogens is 338 g/mol. The number of aromatic nitrogens is 3. The van der Waals surface area contributed by atoms with E-state index in [2.05, 4.69) is 21.1 Å². The van der Waals surface area contributed by atoms with E-state index >= 15 is 0 Å². The van der Waals surface area contributed by atoms with Crippen LogP contribution in [-0.2, 0) is 0 Å². The van der Waals surface area contributed by atoms with Crippen LogP contribution in [0.5, 0.6) is 0 Å². The molecule has 2 aromatic heterocycles. The Morgan fingerprint density at radius 2 is 1.77 bits per heavy atom. The van der Waals surface area contributed by atoms with Gasteiger partial charge >= 0.3 is 5.91 Å². The van der Waals surface area contributed by atoms with E-state index in [4.69, 9.17) is 4.52 Å². The summed E-state index contributed by atoms with van der Waals surface area (Å²) in [4.78, 5) is 37.0. The van der Waals surface area contributed by atoms with Crippen LogP contribution in [0, 0.1) is 6.92 Å². The van der Waals surface area contributed by atoms with Crippen LogP contribution in [0.2, 0.25) is 0 Å². The zero-order valence-electron chi connectivity index (χ0n) is 14.4. The van der Waals surface area contributed by atoms with Gasteiger partial charge in [0.2, 0.25) is 5.76 Å². The Kier molecular flexibility index (Phi) is 4.53. The molecule has 1 aromatic carbocycles. The average molecular weight is 355 g/mol. The maximum atomic E-state index is 12.5. The van der Waals surface area contributed by atoms with Crippen LogP contribution in [0.3, 0.4) is 0 Å². The van der Waals surface area contributed by atoms with E-state index in [-0.39, 0.29) is 23.1 Å². The number of hydrogen-bond acceptors (Lipinski definition) is 6. The maximum Gasteiger partial charge on any atom is 0.308 e. The van der Waals surface area contributed by atoms with E-state index in [1.54, 1.807) is 45.0 Å². The van der Waals surface area contributed by atoms with Crippen molar-refractivity contribution in [1.82, 2.24) is 25.8 Å². The van der Waals surface area contributed by atoms with Gasteiger partial charge in [-0.25, -0.2) is 4.68 Å². The molecule has 0 saturated heterocycles. The highest BCUT2D eigenvalue weighted by atomic mass is 16.5. The Bertz CT molecular complexity index is 1050. The number of fused-ring (bicyclic) bond motifs is 1. The Morgan fingerprint density at radius 1 is 1.12 bits per heavy atom. The molecule has 2 N–H and O–H groups in total. The first kappa shape index (κ1) is 17.3. The molecule has 0 fully saturated rings. The molecule has 0 unspecified atom stereocenters. The zero-order chi connectivity index (χ0) is 18.8. The van der Waals surface area contributed by atoms with Crippen molar-refractivity contribution in [1.29, 1.82) is 0 Å². The van der Waals surface area contributed by atoms with Gasteiger partial charge in [-0.3, -0.25) is 25.2 Å². The molecule has 3 aromatic rings. The first-order valence-electron chi connectivity index (χ1n) is 7.94. The number of hydrazine groups is 1. The van der Waals surface area contributed by atoms with Crippen LogP contribution in [-0.4, -0.2) is 26.8 Å². The van der Waals surface area contributed by atoms with Gasteiger partial charge in [0, 0.05) is 11.5 Å². The summed E-state index contributed by atoms with van der Waals surface area (Å²) in [5.74, 6) is -1.34. The smallest absolute Gasteiger partial charge is 0.308 e. The van der Waals surface area contributed by atoms with Gasteiger partial charge in [-0.2, -0.15) is 5.10 Å². The fourth-order valence-electron chi connectivity index (χ4n) is 2.43. The quantitative estimate of drug-likeness (QED) is 0.685. The second-order valence-electron chi connectivity index (χ2n) is 5.98. The summed E-state index contributed by atoms with van der Waals surface area (Å²) < 4.78 is 6.06. The standard InChI is InChI=1S/C17H17N5O4/c1-9(2)22-17(25)12-7-5-4-6-11(12)14(20-22)16(24)19-18-15(23)13-8-10(3)21-26-13/h4-9H,1-3H3,(H,18,23)(H,19,24). The molecule has 3 rings (SSSR count). The first-order valence-corrected chi connectivity index (χ1v) is 7.94. The number of carbonyl (C=O) groups is 2. The van der Waals surface area contributed by atoms with E-state index < -0.39 is 11.8 Å². The van der Waals surface area contributed by atoms with Crippen LogP contribution < -0.4 is 16.4 Å². The molecule has 0 aliphatic rings. The minimum atomic E-state index is -0.653. The van der Waals surface area contributed by atoms with E-state index in [0.717, 1.165) is 0 Å². The second kappa shape index (κ2) is 6.79. The van der Waals surface area contributed by atoms with Gasteiger partial charge in [-0.1, -0.05) is 23.4 Å². The highest BCUT2D eigenvalue weighted by molar-refractivity contribution is 6.05. The highest BCUT2D eigenvalue weighted by Gasteiger charge is 2.19. The molecule has 134 valence electrons. The fraction of sp³-hybridized carbons (Fsp3) is 0.235. The largest absolute Gasteiger partial charge is 0.351 e. The number of hydrogen-bond donors (Lipinski definition) is 2. The molecule has 0 spiro atoms. The van der Waals surface area contributed by atoms with Crippen molar-refractivity contribution in [2.45, 2.75) is 26.8 Å². The summed E-state index contributed by atoms with van der Waals surface area (Å²) >= 11 is 0. The van der Waals surface area contributed by atoms with Crippen LogP contribution in [0.4, 0.5) is 0 Å². The van der Waals surface area contributed by atoms with Gasteiger partial charge in [0.15, 0.2) is 5.69 Å². The summed E-state index contributed by atoms with van der Waals surface area (Å²) in [6.45, 7) is 5.25. The maximum absolute atomic E-state index is 12.5. The normalized spacial score (nSPS) is 10.9. The monoisotopic (exact) mass is 355 g/mol. The van der Waals surface area contributed by atoms with E-state index in [1.807, 2.05) is 0 Å². The molecule has 2 heterocycles. The molecule has 0 saturated carbocycles. The van der Waals surface area contributed by atoms with E-state index in [0.29, 0.717) is 16.5 Å². The Morgan fingerprint density at radius 3 is 2.38 bits per heavy atom. The third-order valence-corrected chi connectivity index (χ3v) is 3.67. The molecule has 0 radical (unpaired) electrons. The average Bonchev–Trinajstić information content (AvgIpc) is 3.06. The lowest BCUT2D eigenvalue weighted by atomic mass is 10.1. The number of nitrogens with zero attached hydrogens (tertiary/aromatic N) is 3. The zero-order valence-corrected chi connectivity index (χ0v) is 14.4. The summed E-state index contributed by atoms with van der Waals surface area (Å²) in [7, 11) is 0. The van der Waals surface area contributed by atoms with Crippen LogP contribution >= 0.6 is 0 Å². The van der Waals surface area contributed by atoms with Crippen molar-refractivity contribution < 1.29 is 14.1 Å². The van der Waals surface area contributed by atoms with Gasteiger partial charge in [-0.15, -0.1) is 0 Å². The SMILES string of the molecule is Cc1cc(C(=O)NNC(=O)c2nn(C(C)C)c(=O)c3ccccc23)on1. The Hall–Kier alpha value is -3.49. The number of aryl methyl sites for hydroxylation is 1. The number of carbonyl (C=O) groups excluding carboxylic acids is 2. The third kappa shape index (κ3) is 3.18. The highest BCUT2D eigenvalue weighted by Crippen LogP contribution is 2.14. The van der Waals surface area contributed by atoms with Crippen LogP contribution in [0.25, 0.3) is 10.8 Å². The predicted octanol–water partition coefficient (Wildman–Crippen LogP) is 1.35. The molecule has 0 aliphatic heterocycles. The van der Waals surface area contributed by atoms with Crippen molar-refractivity contribution in [3.63, 3.8) is 0 Å². The number of nitrogens with one attached hydrogen (secondary N) is 2. The molecule has 0 bridgehead atoms. The molecule has 0 aliphatic carbocycles. The van der Waals surface area contributed by atoms with Gasteiger partial charge < -0.3 is 4.52 Å². The lowest BCUT2D eigenvalue weighted by Crippen LogP contribution is -2.42.